The molecule has 4 nitrogen and oxygen atoms in total. The number of alkyl carbamates (subject to hydrolysis) is 1. The van der Waals surface area contributed by atoms with E-state index in [1.807, 2.05) is 5.32 Å². The SMILES string of the molecule is CO[Si](C)(C)CCCNC(=O)OCC(F)(F)C(F)(F)C(F)(F)C(F)(F)C(F)(F)F. The van der Waals surface area contributed by atoms with Gasteiger partial charge < -0.3 is 14.5 Å². The summed E-state index contributed by atoms with van der Waals surface area (Å²) in [5, 5.41) is 1.81. The number of carbonyl (C=O) groups excluding carboxylic acids is 1. The van der Waals surface area contributed by atoms with E-state index in [-0.39, 0.29) is 13.0 Å². The second kappa shape index (κ2) is 8.81. The van der Waals surface area contributed by atoms with Gasteiger partial charge in [0.2, 0.25) is 0 Å². The van der Waals surface area contributed by atoms with Crippen molar-refractivity contribution in [3.63, 3.8) is 0 Å². The third-order valence-corrected chi connectivity index (χ3v) is 6.43. The first-order chi connectivity index (χ1) is 12.7. The fraction of sp³-hybridized carbons (Fsp3) is 0.923. The van der Waals surface area contributed by atoms with Crippen molar-refractivity contribution >= 4 is 14.4 Å². The van der Waals surface area contributed by atoms with E-state index >= 15 is 0 Å². The van der Waals surface area contributed by atoms with Crippen LogP contribution in [-0.2, 0) is 9.16 Å². The third kappa shape index (κ3) is 6.08. The largest absolute Gasteiger partial charge is 0.460 e. The van der Waals surface area contributed by atoms with E-state index in [9.17, 15) is 53.1 Å². The van der Waals surface area contributed by atoms with Gasteiger partial charge in [0.05, 0.1) is 0 Å². The van der Waals surface area contributed by atoms with Crippen LogP contribution in [0.3, 0.4) is 0 Å². The highest BCUT2D eigenvalue weighted by Crippen LogP contribution is 2.57. The standard InChI is InChI=1S/C13H18F11NO3Si/c1-27-29(2,3)6-4-5-25-8(26)28-7-9(14,15)10(16,17)11(18,19)12(20,21)13(22,23)24/h4-7H2,1-3H3,(H,25,26). The molecule has 0 aromatic carbocycles. The number of amides is 1. The molecule has 0 aromatic rings. The molecule has 0 aliphatic carbocycles. The van der Waals surface area contributed by atoms with E-state index in [4.69, 9.17) is 4.43 Å². The Balaban J connectivity index is 5.01. The van der Waals surface area contributed by atoms with Crippen LogP contribution in [0.25, 0.3) is 0 Å². The van der Waals surface area contributed by atoms with Crippen LogP contribution < -0.4 is 5.32 Å². The lowest BCUT2D eigenvalue weighted by Gasteiger charge is -2.36. The van der Waals surface area contributed by atoms with Crippen LogP contribution in [0.5, 0.6) is 0 Å². The van der Waals surface area contributed by atoms with Crippen LogP contribution in [0.1, 0.15) is 6.42 Å². The number of rotatable bonds is 10. The molecule has 0 heterocycles. The molecule has 1 N–H and O–H groups in total. The zero-order valence-corrected chi connectivity index (χ0v) is 16.2. The van der Waals surface area contributed by atoms with Gasteiger partial charge in [-0.15, -0.1) is 0 Å². The molecule has 0 aliphatic rings. The van der Waals surface area contributed by atoms with Crippen LogP contribution in [0.4, 0.5) is 53.1 Å². The molecule has 29 heavy (non-hydrogen) atoms. The van der Waals surface area contributed by atoms with Crippen molar-refractivity contribution < 1.29 is 62.3 Å². The minimum atomic E-state index is -7.53. The smallest absolute Gasteiger partial charge is 0.443 e. The Bertz CT molecular complexity index is 567. The first-order valence-corrected chi connectivity index (χ1v) is 10.8. The summed E-state index contributed by atoms with van der Waals surface area (Å²) in [6.07, 6.45) is -8.79. The molecule has 0 aliphatic heterocycles. The van der Waals surface area contributed by atoms with Gasteiger partial charge >= 0.3 is 36.0 Å². The fourth-order valence-corrected chi connectivity index (χ4v) is 2.94. The zero-order chi connectivity index (χ0) is 23.5. The minimum Gasteiger partial charge on any atom is -0.443 e. The monoisotopic (exact) mass is 473 g/mol. The Labute approximate surface area is 158 Å². The molecule has 0 saturated heterocycles. The van der Waals surface area contributed by atoms with Gasteiger partial charge in [-0.2, -0.15) is 48.3 Å². The topological polar surface area (TPSA) is 47.6 Å². The molecule has 174 valence electrons. The van der Waals surface area contributed by atoms with Crippen molar-refractivity contribution in [2.24, 2.45) is 0 Å². The van der Waals surface area contributed by atoms with Gasteiger partial charge in [-0.3, -0.25) is 0 Å². The number of hydrogen-bond donors (Lipinski definition) is 1. The fourth-order valence-electron chi connectivity index (χ4n) is 1.71. The van der Waals surface area contributed by atoms with E-state index < -0.39 is 50.9 Å². The number of halogens is 11. The number of hydrogen-bond acceptors (Lipinski definition) is 3. The van der Waals surface area contributed by atoms with Crippen LogP contribution in [0.15, 0.2) is 0 Å². The normalized spacial score (nSPS) is 14.7. The van der Waals surface area contributed by atoms with Gasteiger partial charge in [-0.05, 0) is 25.6 Å². The van der Waals surface area contributed by atoms with E-state index in [0.29, 0.717) is 6.04 Å². The molecule has 0 saturated carbocycles. The number of alkyl halides is 11. The van der Waals surface area contributed by atoms with Crippen molar-refractivity contribution in [1.82, 2.24) is 5.32 Å². The maximum absolute atomic E-state index is 13.3. The maximum atomic E-state index is 13.3. The number of ether oxygens (including phenoxy) is 1. The quantitative estimate of drug-likeness (QED) is 0.274. The highest BCUT2D eigenvalue weighted by atomic mass is 28.4. The molecule has 0 spiro atoms. The van der Waals surface area contributed by atoms with Gasteiger partial charge in [0.25, 0.3) is 0 Å². The van der Waals surface area contributed by atoms with Crippen LogP contribution in [0, 0.1) is 0 Å². The Morgan fingerprint density at radius 3 is 1.76 bits per heavy atom. The Kier molecular flexibility index (Phi) is 8.41. The van der Waals surface area contributed by atoms with Gasteiger partial charge in [0.15, 0.2) is 14.9 Å². The van der Waals surface area contributed by atoms with E-state index in [0.717, 1.165) is 0 Å². The second-order valence-electron chi connectivity index (χ2n) is 6.50. The Hall–Kier alpha value is -1.32. The van der Waals surface area contributed by atoms with Gasteiger partial charge in [-0.25, -0.2) is 4.79 Å². The van der Waals surface area contributed by atoms with E-state index in [1.165, 1.54) is 7.11 Å². The van der Waals surface area contributed by atoms with Crippen molar-refractivity contribution in [3.05, 3.63) is 0 Å². The highest BCUT2D eigenvalue weighted by molar-refractivity contribution is 6.71. The predicted molar refractivity (Wildman–Crippen MR) is 79.1 cm³/mol. The van der Waals surface area contributed by atoms with Crippen molar-refractivity contribution in [2.75, 3.05) is 20.3 Å². The summed E-state index contributed by atoms with van der Waals surface area (Å²) in [5.41, 5.74) is 0. The average molecular weight is 473 g/mol. The van der Waals surface area contributed by atoms with Gasteiger partial charge in [0.1, 0.15) is 0 Å². The molecule has 0 fully saturated rings. The average Bonchev–Trinajstić information content (AvgIpc) is 2.55. The van der Waals surface area contributed by atoms with Crippen molar-refractivity contribution in [1.29, 1.82) is 0 Å². The summed E-state index contributed by atoms with van der Waals surface area (Å²) in [7, 11) is -0.596. The van der Waals surface area contributed by atoms with Crippen LogP contribution >= 0.6 is 0 Å². The predicted octanol–water partition coefficient (Wildman–Crippen LogP) is 5.06. The highest BCUT2D eigenvalue weighted by Gasteiger charge is 2.87. The lowest BCUT2D eigenvalue weighted by molar-refractivity contribution is -0.423. The summed E-state index contributed by atoms with van der Waals surface area (Å²) in [6, 6.07) is 0.469. The molecule has 1 amide bonds. The maximum Gasteiger partial charge on any atom is 0.460 e. The molecular formula is C13H18F11NO3Si. The molecule has 0 radical (unpaired) electrons. The second-order valence-corrected chi connectivity index (χ2v) is 10.9. The first kappa shape index (κ1) is 27.7. The summed E-state index contributed by atoms with van der Waals surface area (Å²) < 4.78 is 149. The summed E-state index contributed by atoms with van der Waals surface area (Å²) in [5.74, 6) is -28.5. The Morgan fingerprint density at radius 1 is 0.862 bits per heavy atom. The lowest BCUT2D eigenvalue weighted by atomic mass is 9.98. The third-order valence-electron chi connectivity index (χ3n) is 3.77. The molecule has 0 atom stereocenters. The number of carbonyl (C=O) groups is 1. The molecule has 16 heteroatoms. The van der Waals surface area contributed by atoms with Crippen molar-refractivity contribution in [2.45, 2.75) is 55.4 Å². The lowest BCUT2D eigenvalue weighted by Crippen LogP contribution is -2.67. The summed E-state index contributed by atoms with van der Waals surface area (Å²) in [6.45, 7) is 0.506. The Morgan fingerprint density at radius 2 is 1.34 bits per heavy atom. The van der Waals surface area contributed by atoms with E-state index in [1.54, 1.807) is 13.1 Å². The first-order valence-electron chi connectivity index (χ1n) is 7.70. The molecule has 0 unspecified atom stereocenters. The van der Waals surface area contributed by atoms with Crippen LogP contribution in [0.2, 0.25) is 19.1 Å². The van der Waals surface area contributed by atoms with E-state index in [2.05, 4.69) is 4.74 Å². The van der Waals surface area contributed by atoms with Gasteiger partial charge in [-0.1, -0.05) is 0 Å². The number of nitrogens with one attached hydrogen (secondary N) is 1. The summed E-state index contributed by atoms with van der Waals surface area (Å²) >= 11 is 0. The van der Waals surface area contributed by atoms with Gasteiger partial charge in [0, 0.05) is 13.7 Å². The molecular weight excluding hydrogens is 455 g/mol. The summed E-state index contributed by atoms with van der Waals surface area (Å²) in [4.78, 5) is 11.2. The van der Waals surface area contributed by atoms with Crippen molar-refractivity contribution in [3.8, 4) is 0 Å². The zero-order valence-electron chi connectivity index (χ0n) is 15.2. The molecule has 0 aromatic heterocycles. The molecule has 0 rings (SSSR count). The van der Waals surface area contributed by atoms with Crippen LogP contribution in [-0.4, -0.2) is 64.5 Å². The molecule has 0 bridgehead atoms. The minimum absolute atomic E-state index is 0.219.